The summed E-state index contributed by atoms with van der Waals surface area (Å²) in [4.78, 5) is 12.5. The Kier molecular flexibility index (Phi) is 3.07. The predicted molar refractivity (Wildman–Crippen MR) is 73.8 cm³/mol. The number of benzene rings is 1. The van der Waals surface area contributed by atoms with Crippen LogP contribution in [0.2, 0.25) is 5.02 Å². The van der Waals surface area contributed by atoms with E-state index in [1.54, 1.807) is 12.1 Å². The Balaban J connectivity index is 2.23. The van der Waals surface area contributed by atoms with Gasteiger partial charge in [-0.3, -0.25) is 10.0 Å². The fourth-order valence-electron chi connectivity index (χ4n) is 2.43. The number of carbonyl (C=O) groups is 1. The summed E-state index contributed by atoms with van der Waals surface area (Å²) in [7, 11) is 0. The Hall–Kier alpha value is -1.39. The Bertz CT molecular complexity index is 700. The average molecular weight is 340 g/mol. The quantitative estimate of drug-likeness (QED) is 0.592. The maximum atomic E-state index is 12.5. The van der Waals surface area contributed by atoms with Gasteiger partial charge in [-0.2, -0.15) is 0 Å². The van der Waals surface area contributed by atoms with E-state index >= 15 is 0 Å². The van der Waals surface area contributed by atoms with E-state index in [0.717, 1.165) is 26.8 Å². The van der Waals surface area contributed by atoms with Gasteiger partial charge in [0.2, 0.25) is 6.20 Å². The van der Waals surface area contributed by atoms with Crippen LogP contribution in [0.25, 0.3) is 0 Å². The molecule has 0 amide bonds. The first-order valence-corrected chi connectivity index (χ1v) is 7.00. The summed E-state index contributed by atoms with van der Waals surface area (Å²) in [5, 5.41) is 10.6. The van der Waals surface area contributed by atoms with Crippen molar-refractivity contribution in [1.82, 2.24) is 0 Å². The minimum atomic E-state index is -0.172. The van der Waals surface area contributed by atoms with Gasteiger partial charge in [-0.1, -0.05) is 11.6 Å². The molecule has 5 heteroatoms. The molecule has 0 spiro atoms. The van der Waals surface area contributed by atoms with Gasteiger partial charge in [0.1, 0.15) is 0 Å². The molecule has 19 heavy (non-hydrogen) atoms. The van der Waals surface area contributed by atoms with Gasteiger partial charge in [0.05, 0.1) is 4.47 Å². The third-order valence-electron chi connectivity index (χ3n) is 3.28. The molecule has 1 aliphatic rings. The van der Waals surface area contributed by atoms with E-state index in [4.69, 9.17) is 11.6 Å². The van der Waals surface area contributed by atoms with Crippen LogP contribution in [0.15, 0.2) is 34.9 Å². The molecule has 3 rings (SSSR count). The van der Waals surface area contributed by atoms with E-state index in [9.17, 15) is 10.0 Å². The standard InChI is InChI=1S/C14H10BrClNO2/c15-10-5-9-2-1-8-6-11(16)3-4-12(8)14(18)13(9)17(19)7-10/h3-7,19H,1-2H2/q+1. The van der Waals surface area contributed by atoms with Crippen molar-refractivity contribution in [2.45, 2.75) is 12.8 Å². The average Bonchev–Trinajstić information content (AvgIpc) is 2.47. The summed E-state index contributed by atoms with van der Waals surface area (Å²) in [6.45, 7) is 0. The second-order valence-corrected chi connectivity index (χ2v) is 5.86. The number of halogens is 2. The van der Waals surface area contributed by atoms with E-state index < -0.39 is 0 Å². The number of hydrogen-bond acceptors (Lipinski definition) is 2. The second kappa shape index (κ2) is 4.62. The molecule has 0 aliphatic heterocycles. The van der Waals surface area contributed by atoms with Crippen LogP contribution < -0.4 is 4.73 Å². The molecule has 0 saturated carbocycles. The van der Waals surface area contributed by atoms with Crippen LogP contribution >= 0.6 is 27.5 Å². The first-order chi connectivity index (χ1) is 9.06. The molecule has 0 radical (unpaired) electrons. The summed E-state index contributed by atoms with van der Waals surface area (Å²) >= 11 is 9.29. The molecule has 3 nitrogen and oxygen atoms in total. The maximum Gasteiger partial charge on any atom is 0.308 e. The number of aryl methyl sites for hydroxylation is 2. The van der Waals surface area contributed by atoms with Gasteiger partial charge >= 0.3 is 5.69 Å². The molecule has 1 aliphatic carbocycles. The molecular formula is C14H10BrClNO2+. The normalized spacial score (nSPS) is 13.7. The number of fused-ring (bicyclic) bond motifs is 2. The number of nitrogens with zero attached hydrogens (tertiary/aromatic N) is 1. The van der Waals surface area contributed by atoms with E-state index in [2.05, 4.69) is 15.9 Å². The van der Waals surface area contributed by atoms with Gasteiger partial charge in [-0.05, 0) is 58.6 Å². The highest BCUT2D eigenvalue weighted by Crippen LogP contribution is 2.26. The van der Waals surface area contributed by atoms with Crippen LogP contribution in [-0.4, -0.2) is 11.0 Å². The van der Waals surface area contributed by atoms with Crippen molar-refractivity contribution in [3.63, 3.8) is 0 Å². The fourth-order valence-corrected chi connectivity index (χ4v) is 3.09. The van der Waals surface area contributed by atoms with Gasteiger partial charge in [0.15, 0.2) is 0 Å². The highest BCUT2D eigenvalue weighted by Gasteiger charge is 2.31. The van der Waals surface area contributed by atoms with Crippen molar-refractivity contribution in [1.29, 1.82) is 0 Å². The smallest absolute Gasteiger partial charge is 0.284 e. The SMILES string of the molecule is O=C1c2ccc(Cl)cc2CCc2cc(Br)c[n+](O)c21. The number of rotatable bonds is 0. The molecule has 0 unspecified atom stereocenters. The van der Waals surface area contributed by atoms with Crippen LogP contribution in [0.5, 0.6) is 0 Å². The van der Waals surface area contributed by atoms with Crippen LogP contribution in [0, 0.1) is 0 Å². The topological polar surface area (TPSA) is 41.2 Å². The summed E-state index contributed by atoms with van der Waals surface area (Å²) in [6, 6.07) is 7.10. The summed E-state index contributed by atoms with van der Waals surface area (Å²) in [5.41, 5.74) is 2.68. The minimum Gasteiger partial charge on any atom is -0.284 e. The Morgan fingerprint density at radius 1 is 1.21 bits per heavy atom. The zero-order chi connectivity index (χ0) is 13.6. The van der Waals surface area contributed by atoms with E-state index in [1.165, 1.54) is 6.20 Å². The molecule has 1 aromatic heterocycles. The molecule has 1 aromatic carbocycles. The minimum absolute atomic E-state index is 0.172. The predicted octanol–water partition coefficient (Wildman–Crippen LogP) is 2.96. The monoisotopic (exact) mass is 338 g/mol. The Morgan fingerprint density at radius 2 is 1.95 bits per heavy atom. The maximum absolute atomic E-state index is 12.5. The van der Waals surface area contributed by atoms with Crippen molar-refractivity contribution < 1.29 is 14.7 Å². The van der Waals surface area contributed by atoms with Gasteiger partial charge in [-0.25, -0.2) is 0 Å². The van der Waals surface area contributed by atoms with Crippen molar-refractivity contribution in [3.05, 3.63) is 62.3 Å². The van der Waals surface area contributed by atoms with Crippen LogP contribution in [-0.2, 0) is 12.8 Å². The highest BCUT2D eigenvalue weighted by atomic mass is 79.9. The van der Waals surface area contributed by atoms with Crippen molar-refractivity contribution in [2.75, 3.05) is 0 Å². The molecule has 1 heterocycles. The third kappa shape index (κ3) is 2.15. The summed E-state index contributed by atoms with van der Waals surface area (Å²) < 4.78 is 1.64. The van der Waals surface area contributed by atoms with E-state index in [0.29, 0.717) is 22.7 Å². The molecule has 2 aromatic rings. The van der Waals surface area contributed by atoms with Crippen LogP contribution in [0.1, 0.15) is 27.2 Å². The number of pyridine rings is 1. The summed E-state index contributed by atoms with van der Waals surface area (Å²) in [6.07, 6.45) is 2.89. The molecule has 1 N–H and O–H groups in total. The summed E-state index contributed by atoms with van der Waals surface area (Å²) in [5.74, 6) is -0.172. The third-order valence-corrected chi connectivity index (χ3v) is 3.95. The second-order valence-electron chi connectivity index (χ2n) is 4.51. The lowest BCUT2D eigenvalue weighted by Crippen LogP contribution is -2.39. The van der Waals surface area contributed by atoms with Crippen molar-refractivity contribution >= 4 is 33.3 Å². The number of aromatic nitrogens is 1. The zero-order valence-corrected chi connectivity index (χ0v) is 12.2. The Morgan fingerprint density at radius 3 is 2.74 bits per heavy atom. The lowest BCUT2D eigenvalue weighted by molar-refractivity contribution is -0.906. The van der Waals surface area contributed by atoms with Crippen molar-refractivity contribution in [2.24, 2.45) is 0 Å². The first kappa shape index (κ1) is 12.6. The van der Waals surface area contributed by atoms with Gasteiger partial charge in [0, 0.05) is 20.9 Å². The molecule has 0 fully saturated rings. The van der Waals surface area contributed by atoms with Gasteiger partial charge in [0.25, 0.3) is 5.78 Å². The van der Waals surface area contributed by atoms with Gasteiger partial charge < -0.3 is 0 Å². The molecule has 0 saturated heterocycles. The Labute approximate surface area is 123 Å². The number of hydrogen-bond donors (Lipinski definition) is 1. The molecule has 0 bridgehead atoms. The largest absolute Gasteiger partial charge is 0.308 e. The molecule has 0 atom stereocenters. The highest BCUT2D eigenvalue weighted by molar-refractivity contribution is 9.10. The van der Waals surface area contributed by atoms with E-state index in [1.807, 2.05) is 12.1 Å². The lowest BCUT2D eigenvalue weighted by Gasteiger charge is -2.03. The lowest BCUT2D eigenvalue weighted by atomic mass is 10.0. The zero-order valence-electron chi connectivity index (χ0n) is 9.86. The van der Waals surface area contributed by atoms with Crippen molar-refractivity contribution in [3.8, 4) is 0 Å². The number of ketones is 1. The van der Waals surface area contributed by atoms with E-state index in [-0.39, 0.29) is 5.78 Å². The van der Waals surface area contributed by atoms with Crippen LogP contribution in [0.4, 0.5) is 0 Å². The molecular weight excluding hydrogens is 330 g/mol. The first-order valence-electron chi connectivity index (χ1n) is 5.83. The van der Waals surface area contributed by atoms with Crippen LogP contribution in [0.3, 0.4) is 0 Å². The fraction of sp³-hybridized carbons (Fsp3) is 0.143. The van der Waals surface area contributed by atoms with Gasteiger partial charge in [-0.15, -0.1) is 0 Å². The molecule has 96 valence electrons. The number of carbonyl (C=O) groups excluding carboxylic acids is 1.